The first-order valence-electron chi connectivity index (χ1n) is 11.6. The smallest absolute Gasteiger partial charge is 0.312 e. The van der Waals surface area contributed by atoms with Crippen LogP contribution in [0.1, 0.15) is 54.8 Å². The number of carbonyl (C=O) groups is 1. The van der Waals surface area contributed by atoms with Crippen LogP contribution < -0.4 is 4.74 Å². The Balaban J connectivity index is 1.77. The van der Waals surface area contributed by atoms with Crippen molar-refractivity contribution in [3.8, 4) is 5.75 Å². The van der Waals surface area contributed by atoms with Crippen LogP contribution in [0.2, 0.25) is 0 Å². The molecule has 0 aliphatic carbocycles. The van der Waals surface area contributed by atoms with Gasteiger partial charge in [0.2, 0.25) is 0 Å². The standard InChI is InChI=1S/C28H31N3O3S/c1-17-8-9-20(30-14-17)16-34-23-11-10-22-24(18(23)2)26(35-28(3,4)5)25(31-22)21(27(32)33)13-19-7-6-12-29-15-19/h6-12,14-15,21,31H,13,16H2,1-5H3,(H,32,33). The number of nitrogens with one attached hydrogen (secondary N) is 1. The average Bonchev–Trinajstić information content (AvgIpc) is 3.15. The normalized spacial score (nSPS) is 12.6. The lowest BCUT2D eigenvalue weighted by atomic mass is 9.97. The number of benzene rings is 1. The lowest BCUT2D eigenvalue weighted by Gasteiger charge is -2.21. The molecule has 3 heterocycles. The Kier molecular flexibility index (Phi) is 7.17. The number of hydrogen-bond acceptors (Lipinski definition) is 5. The van der Waals surface area contributed by atoms with Crippen LogP contribution in [0.5, 0.6) is 5.75 Å². The zero-order valence-electron chi connectivity index (χ0n) is 20.8. The Labute approximate surface area is 210 Å². The Morgan fingerprint density at radius 3 is 2.57 bits per heavy atom. The quantitative estimate of drug-likeness (QED) is 0.276. The van der Waals surface area contributed by atoms with Crippen LogP contribution in [0.15, 0.2) is 59.9 Å². The molecule has 1 aromatic carbocycles. The highest BCUT2D eigenvalue weighted by molar-refractivity contribution is 8.00. The van der Waals surface area contributed by atoms with Crippen molar-refractivity contribution in [1.82, 2.24) is 15.0 Å². The van der Waals surface area contributed by atoms with Crippen molar-refractivity contribution < 1.29 is 14.6 Å². The van der Waals surface area contributed by atoms with Crippen LogP contribution in [0, 0.1) is 13.8 Å². The monoisotopic (exact) mass is 489 g/mol. The van der Waals surface area contributed by atoms with Gasteiger partial charge in [0.05, 0.1) is 5.69 Å². The molecule has 1 unspecified atom stereocenters. The third-order valence-corrected chi connectivity index (χ3v) is 6.96. The second-order valence-corrected chi connectivity index (χ2v) is 11.6. The Bertz CT molecular complexity index is 1330. The molecule has 0 radical (unpaired) electrons. The van der Waals surface area contributed by atoms with Gasteiger partial charge in [-0.3, -0.25) is 14.8 Å². The highest BCUT2D eigenvalue weighted by Gasteiger charge is 2.30. The van der Waals surface area contributed by atoms with Gasteiger partial charge in [0.25, 0.3) is 0 Å². The van der Waals surface area contributed by atoms with Gasteiger partial charge >= 0.3 is 5.97 Å². The van der Waals surface area contributed by atoms with Crippen LogP contribution in [0.3, 0.4) is 0 Å². The SMILES string of the molecule is Cc1ccc(COc2ccc3[nH]c(C(Cc4cccnc4)C(=O)O)c(SC(C)(C)C)c3c2C)nc1. The van der Waals surface area contributed by atoms with Crippen molar-refractivity contribution >= 4 is 28.6 Å². The van der Waals surface area contributed by atoms with Crippen LogP contribution in [0.25, 0.3) is 10.9 Å². The molecular formula is C28H31N3O3S. The maximum Gasteiger partial charge on any atom is 0.312 e. The molecule has 0 saturated heterocycles. The van der Waals surface area contributed by atoms with E-state index >= 15 is 0 Å². The number of rotatable bonds is 8. The largest absolute Gasteiger partial charge is 0.487 e. The summed E-state index contributed by atoms with van der Waals surface area (Å²) in [5.41, 5.74) is 5.45. The van der Waals surface area contributed by atoms with Gasteiger partial charge in [0, 0.05) is 50.4 Å². The molecule has 0 saturated carbocycles. The molecule has 2 N–H and O–H groups in total. The van der Waals surface area contributed by atoms with Crippen LogP contribution in [-0.4, -0.2) is 30.8 Å². The van der Waals surface area contributed by atoms with E-state index in [-0.39, 0.29) is 4.75 Å². The molecule has 0 fully saturated rings. The third-order valence-electron chi connectivity index (χ3n) is 5.72. The number of carboxylic acids is 1. The summed E-state index contributed by atoms with van der Waals surface area (Å²) in [6, 6.07) is 11.6. The van der Waals surface area contributed by atoms with Gasteiger partial charge in [0.1, 0.15) is 18.3 Å². The van der Waals surface area contributed by atoms with E-state index in [0.29, 0.717) is 13.0 Å². The average molecular weight is 490 g/mol. The summed E-state index contributed by atoms with van der Waals surface area (Å²) in [6.07, 6.45) is 5.61. The molecule has 35 heavy (non-hydrogen) atoms. The topological polar surface area (TPSA) is 88.1 Å². The van der Waals surface area contributed by atoms with Crippen molar-refractivity contribution in [2.24, 2.45) is 0 Å². The number of pyridine rings is 2. The molecule has 0 aliphatic rings. The number of H-pyrrole nitrogens is 1. The summed E-state index contributed by atoms with van der Waals surface area (Å²) < 4.78 is 6.04. The minimum Gasteiger partial charge on any atom is -0.487 e. The van der Waals surface area contributed by atoms with Gasteiger partial charge < -0.3 is 14.8 Å². The zero-order valence-corrected chi connectivity index (χ0v) is 21.6. The number of thioether (sulfide) groups is 1. The molecule has 1 atom stereocenters. The number of carboxylic acid groups (broad SMARTS) is 1. The molecule has 0 amide bonds. The number of ether oxygens (including phenoxy) is 1. The van der Waals surface area contributed by atoms with Crippen molar-refractivity contribution in [1.29, 1.82) is 0 Å². The van der Waals surface area contributed by atoms with Crippen molar-refractivity contribution in [3.05, 3.63) is 83.1 Å². The molecule has 7 heteroatoms. The molecule has 0 spiro atoms. The van der Waals surface area contributed by atoms with Gasteiger partial charge in [-0.15, -0.1) is 11.8 Å². The lowest BCUT2D eigenvalue weighted by Crippen LogP contribution is -2.17. The maximum absolute atomic E-state index is 12.5. The second-order valence-electron chi connectivity index (χ2n) is 9.77. The highest BCUT2D eigenvalue weighted by Crippen LogP contribution is 2.45. The molecule has 3 aromatic heterocycles. The summed E-state index contributed by atoms with van der Waals surface area (Å²) in [5.74, 6) is -0.826. The number of hydrogen-bond donors (Lipinski definition) is 2. The zero-order chi connectivity index (χ0) is 25.2. The van der Waals surface area contributed by atoms with E-state index in [4.69, 9.17) is 4.74 Å². The van der Waals surface area contributed by atoms with Gasteiger partial charge in [-0.1, -0.05) is 32.9 Å². The Hall–Kier alpha value is -3.32. The first kappa shape index (κ1) is 24.8. The van der Waals surface area contributed by atoms with E-state index in [2.05, 4.69) is 35.7 Å². The first-order valence-corrected chi connectivity index (χ1v) is 12.4. The number of aryl methyl sites for hydroxylation is 2. The molecule has 0 aliphatic heterocycles. The Morgan fingerprint density at radius 2 is 1.94 bits per heavy atom. The number of nitrogens with zero attached hydrogens (tertiary/aromatic N) is 2. The van der Waals surface area contributed by atoms with Crippen molar-refractivity contribution in [2.75, 3.05) is 0 Å². The lowest BCUT2D eigenvalue weighted by molar-refractivity contribution is -0.138. The van der Waals surface area contributed by atoms with Gasteiger partial charge in [-0.25, -0.2) is 0 Å². The predicted octanol–water partition coefficient (Wildman–Crippen LogP) is 6.46. The van der Waals surface area contributed by atoms with Gasteiger partial charge in [-0.2, -0.15) is 0 Å². The van der Waals surface area contributed by atoms with Crippen LogP contribution in [0.4, 0.5) is 0 Å². The third kappa shape index (κ3) is 5.85. The van der Waals surface area contributed by atoms with Gasteiger partial charge in [-0.05, 0) is 55.7 Å². The van der Waals surface area contributed by atoms with Crippen molar-refractivity contribution in [2.45, 2.75) is 63.2 Å². The van der Waals surface area contributed by atoms with Crippen molar-refractivity contribution in [3.63, 3.8) is 0 Å². The number of aliphatic carboxylic acids is 1. The molecule has 4 aromatic rings. The fraction of sp³-hybridized carbons (Fsp3) is 0.321. The van der Waals surface area contributed by atoms with Gasteiger partial charge in [0.15, 0.2) is 0 Å². The van der Waals surface area contributed by atoms with Crippen LogP contribution in [-0.2, 0) is 17.8 Å². The molecule has 182 valence electrons. The Morgan fingerprint density at radius 1 is 1.14 bits per heavy atom. The molecule has 4 rings (SSSR count). The van der Waals surface area contributed by atoms with E-state index in [0.717, 1.165) is 49.6 Å². The van der Waals surface area contributed by atoms with E-state index in [1.807, 2.05) is 56.4 Å². The summed E-state index contributed by atoms with van der Waals surface area (Å²) in [4.78, 5) is 25.5. The van der Waals surface area contributed by atoms with E-state index in [9.17, 15) is 9.90 Å². The number of fused-ring (bicyclic) bond motifs is 1. The summed E-state index contributed by atoms with van der Waals surface area (Å²) in [6.45, 7) is 10.8. The fourth-order valence-corrected chi connectivity index (χ4v) is 5.32. The van der Waals surface area contributed by atoms with E-state index < -0.39 is 11.9 Å². The summed E-state index contributed by atoms with van der Waals surface area (Å²) >= 11 is 1.68. The fourth-order valence-electron chi connectivity index (χ4n) is 4.04. The summed E-state index contributed by atoms with van der Waals surface area (Å²) in [7, 11) is 0. The van der Waals surface area contributed by atoms with E-state index in [1.54, 1.807) is 24.2 Å². The summed E-state index contributed by atoms with van der Waals surface area (Å²) in [5, 5.41) is 11.2. The minimum absolute atomic E-state index is 0.115. The predicted molar refractivity (Wildman–Crippen MR) is 140 cm³/mol. The van der Waals surface area contributed by atoms with E-state index in [1.165, 1.54) is 0 Å². The second kappa shape index (κ2) is 10.1. The number of aromatic amines is 1. The minimum atomic E-state index is -0.865. The highest BCUT2D eigenvalue weighted by atomic mass is 32.2. The number of aromatic nitrogens is 3. The maximum atomic E-state index is 12.5. The first-order chi connectivity index (χ1) is 16.6. The molecule has 6 nitrogen and oxygen atoms in total. The molecule has 0 bridgehead atoms. The molecular weight excluding hydrogens is 458 g/mol. The van der Waals surface area contributed by atoms with Crippen LogP contribution >= 0.6 is 11.8 Å².